The minimum Gasteiger partial charge on any atom is -0.466 e. The van der Waals surface area contributed by atoms with Crippen LogP contribution in [0, 0.1) is 0 Å². The smallest absolute Gasteiger partial charge is 0.305 e. The lowest BCUT2D eigenvalue weighted by molar-refractivity contribution is -0.143. The third kappa shape index (κ3) is 71.8. The molecule has 0 aliphatic heterocycles. The van der Waals surface area contributed by atoms with Gasteiger partial charge >= 0.3 is 5.97 Å². The Morgan fingerprint density at radius 3 is 0.718 bits per heavy atom. The van der Waals surface area contributed by atoms with Crippen molar-refractivity contribution >= 4 is 11.9 Å². The average Bonchev–Trinajstić information content (AvgIpc) is 3.51. The molecule has 0 aromatic rings. The van der Waals surface area contributed by atoms with Gasteiger partial charge in [0.25, 0.3) is 0 Å². The summed E-state index contributed by atoms with van der Waals surface area (Å²) in [5.41, 5.74) is 0. The molecule has 0 aromatic heterocycles. The third-order valence-electron chi connectivity index (χ3n) is 19.2. The maximum atomic E-state index is 12.6. The summed E-state index contributed by atoms with van der Waals surface area (Å²) in [4.78, 5) is 24.7. The highest BCUT2D eigenvalue weighted by atomic mass is 16.5. The van der Waals surface area contributed by atoms with E-state index in [-0.39, 0.29) is 18.5 Å². The van der Waals surface area contributed by atoms with Crippen LogP contribution in [0.5, 0.6) is 0 Å². The summed E-state index contributed by atoms with van der Waals surface area (Å²) in [6, 6.07) is -0.539. The summed E-state index contributed by atoms with van der Waals surface area (Å²) in [5.74, 6) is -0.000719. The number of unbranched alkanes of at least 4 members (excludes halogenated alkanes) is 65. The van der Waals surface area contributed by atoms with Gasteiger partial charge in [0.2, 0.25) is 5.91 Å². The molecule has 1 amide bonds. The van der Waals surface area contributed by atoms with Gasteiger partial charge in [-0.3, -0.25) is 9.59 Å². The van der Waals surface area contributed by atoms with Crippen molar-refractivity contribution in [1.29, 1.82) is 0 Å². The van der Waals surface area contributed by atoms with E-state index in [1.807, 2.05) is 0 Å². The second-order valence-corrected chi connectivity index (χ2v) is 27.8. The van der Waals surface area contributed by atoms with Gasteiger partial charge in [-0.1, -0.05) is 431 Å². The molecule has 0 saturated heterocycles. The zero-order valence-corrected chi connectivity index (χ0v) is 58.4. The predicted octanol–water partition coefficient (Wildman–Crippen LogP) is 26.1. The molecule has 0 rings (SSSR count). The molecule has 6 heteroatoms. The van der Waals surface area contributed by atoms with Crippen LogP contribution >= 0.6 is 0 Å². The van der Waals surface area contributed by atoms with Crippen molar-refractivity contribution in [3.63, 3.8) is 0 Å². The lowest BCUT2D eigenvalue weighted by Crippen LogP contribution is -2.45. The van der Waals surface area contributed by atoms with Gasteiger partial charge in [0.15, 0.2) is 0 Å². The van der Waals surface area contributed by atoms with E-state index in [2.05, 4.69) is 19.2 Å². The highest BCUT2D eigenvalue weighted by Crippen LogP contribution is 2.21. The normalized spacial score (nSPS) is 12.4. The van der Waals surface area contributed by atoms with E-state index in [1.54, 1.807) is 0 Å². The van der Waals surface area contributed by atoms with Crippen molar-refractivity contribution in [1.82, 2.24) is 5.32 Å². The number of rotatable bonds is 76. The highest BCUT2D eigenvalue weighted by Gasteiger charge is 2.20. The maximum Gasteiger partial charge on any atom is 0.305 e. The molecular formula is C79H157NO5. The second-order valence-electron chi connectivity index (χ2n) is 27.8. The van der Waals surface area contributed by atoms with Gasteiger partial charge in [0.05, 0.1) is 25.4 Å². The van der Waals surface area contributed by atoms with Crippen LogP contribution in [0.1, 0.15) is 470 Å². The highest BCUT2D eigenvalue weighted by molar-refractivity contribution is 5.76. The van der Waals surface area contributed by atoms with Crippen LogP contribution < -0.4 is 5.32 Å². The van der Waals surface area contributed by atoms with E-state index >= 15 is 0 Å². The largest absolute Gasteiger partial charge is 0.466 e. The molecule has 0 aliphatic carbocycles. The fourth-order valence-electron chi connectivity index (χ4n) is 13.1. The van der Waals surface area contributed by atoms with Gasteiger partial charge < -0.3 is 20.3 Å². The molecule has 2 unspecified atom stereocenters. The molecule has 0 bridgehead atoms. The molecule has 0 saturated carbocycles. The van der Waals surface area contributed by atoms with Crippen molar-refractivity contribution in [3.8, 4) is 0 Å². The van der Waals surface area contributed by atoms with Crippen molar-refractivity contribution in [3.05, 3.63) is 0 Å². The summed E-state index contributed by atoms with van der Waals surface area (Å²) < 4.78 is 5.51. The van der Waals surface area contributed by atoms with E-state index in [4.69, 9.17) is 4.74 Å². The minimum absolute atomic E-state index is 0.0241. The van der Waals surface area contributed by atoms with Crippen LogP contribution in [-0.4, -0.2) is 47.4 Å². The number of aliphatic hydroxyl groups is 2. The Morgan fingerprint density at radius 1 is 0.282 bits per heavy atom. The van der Waals surface area contributed by atoms with Gasteiger partial charge in [-0.2, -0.15) is 0 Å². The third-order valence-corrected chi connectivity index (χ3v) is 19.2. The van der Waals surface area contributed by atoms with Crippen LogP contribution in [0.25, 0.3) is 0 Å². The van der Waals surface area contributed by atoms with E-state index in [1.165, 1.54) is 398 Å². The molecule has 0 aromatic carbocycles. The number of carbonyl (C=O) groups is 2. The Balaban J connectivity index is 3.33. The SMILES string of the molecule is CCCCCCCCCCCCCCCCCCCCCCCCCCC(O)C(CO)NC(=O)CCCCCCCCCCCCCCCCCCCCCCCCCCCCCCCOC(=O)CCCCCCCCCCCCCCCCC. The van der Waals surface area contributed by atoms with Crippen LogP contribution in [0.3, 0.4) is 0 Å². The number of hydrogen-bond acceptors (Lipinski definition) is 5. The summed E-state index contributed by atoms with van der Waals surface area (Å²) in [7, 11) is 0. The average molecular weight is 1200 g/mol. The van der Waals surface area contributed by atoms with E-state index in [0.717, 1.165) is 38.5 Å². The number of ether oxygens (including phenoxy) is 1. The zero-order valence-electron chi connectivity index (χ0n) is 58.4. The van der Waals surface area contributed by atoms with Gasteiger partial charge in [-0.15, -0.1) is 0 Å². The maximum absolute atomic E-state index is 12.6. The first-order valence-electron chi connectivity index (χ1n) is 39.8. The van der Waals surface area contributed by atoms with Crippen molar-refractivity contribution in [2.75, 3.05) is 13.2 Å². The first-order chi connectivity index (χ1) is 42.0. The fourth-order valence-corrected chi connectivity index (χ4v) is 13.1. The number of carbonyl (C=O) groups excluding carboxylic acids is 2. The van der Waals surface area contributed by atoms with Gasteiger partial charge in [-0.05, 0) is 25.7 Å². The topological polar surface area (TPSA) is 95.9 Å². The first kappa shape index (κ1) is 83.9. The number of nitrogens with one attached hydrogen (secondary N) is 1. The van der Waals surface area contributed by atoms with Crippen LogP contribution in [0.2, 0.25) is 0 Å². The Bertz CT molecular complexity index is 1240. The molecule has 0 radical (unpaired) electrons. The quantitative estimate of drug-likeness (QED) is 0.0417. The van der Waals surface area contributed by atoms with Crippen molar-refractivity contribution in [2.24, 2.45) is 0 Å². The minimum atomic E-state index is -0.662. The number of aliphatic hydroxyl groups excluding tert-OH is 2. The number of amides is 1. The number of hydrogen-bond donors (Lipinski definition) is 3. The number of esters is 1. The van der Waals surface area contributed by atoms with Crippen molar-refractivity contribution < 1.29 is 24.5 Å². The van der Waals surface area contributed by atoms with Crippen LogP contribution in [0.4, 0.5) is 0 Å². The lowest BCUT2D eigenvalue weighted by Gasteiger charge is -2.22. The Kier molecular flexibility index (Phi) is 74.3. The Hall–Kier alpha value is -1.14. The molecule has 0 heterocycles. The second kappa shape index (κ2) is 75.3. The molecule has 3 N–H and O–H groups in total. The molecule has 6 nitrogen and oxygen atoms in total. The van der Waals surface area contributed by atoms with E-state index < -0.39 is 12.1 Å². The van der Waals surface area contributed by atoms with E-state index in [9.17, 15) is 19.8 Å². The molecular weight excluding hydrogens is 1040 g/mol. The van der Waals surface area contributed by atoms with Gasteiger partial charge in [0, 0.05) is 12.8 Å². The zero-order chi connectivity index (χ0) is 61.3. The Morgan fingerprint density at radius 2 is 0.482 bits per heavy atom. The molecule has 2 atom stereocenters. The summed E-state index contributed by atoms with van der Waals surface area (Å²) >= 11 is 0. The van der Waals surface area contributed by atoms with Gasteiger partial charge in [-0.25, -0.2) is 0 Å². The Labute approximate surface area is 534 Å². The van der Waals surface area contributed by atoms with Crippen LogP contribution in [-0.2, 0) is 14.3 Å². The molecule has 0 spiro atoms. The van der Waals surface area contributed by atoms with Crippen LogP contribution in [0.15, 0.2) is 0 Å². The van der Waals surface area contributed by atoms with Crippen molar-refractivity contribution in [2.45, 2.75) is 482 Å². The molecule has 508 valence electrons. The standard InChI is InChI=1S/C79H157NO5/c1-3-5-7-9-11-13-15-17-19-20-21-22-23-31-34-37-40-44-47-51-55-59-63-67-71-77(82)76(75-81)80-78(83)72-68-64-60-56-52-48-45-41-38-35-32-29-27-25-24-26-28-30-33-36-39-42-46-50-54-58-62-66-70-74-85-79(84)73-69-65-61-57-53-49-43-18-16-14-12-10-8-6-4-2/h76-77,81-82H,3-75H2,1-2H3,(H,80,83). The fraction of sp³-hybridized carbons (Fsp3) is 0.975. The summed E-state index contributed by atoms with van der Waals surface area (Å²) in [6.07, 6.45) is 93.4. The molecule has 85 heavy (non-hydrogen) atoms. The molecule has 0 aliphatic rings. The monoisotopic (exact) mass is 1200 g/mol. The lowest BCUT2D eigenvalue weighted by atomic mass is 10.0. The summed E-state index contributed by atoms with van der Waals surface area (Å²) in [5, 5.41) is 23.5. The molecule has 0 fully saturated rings. The predicted molar refractivity (Wildman–Crippen MR) is 375 cm³/mol. The first-order valence-corrected chi connectivity index (χ1v) is 39.8. The summed E-state index contributed by atoms with van der Waals surface area (Å²) in [6.45, 7) is 5.02. The van der Waals surface area contributed by atoms with Gasteiger partial charge in [0.1, 0.15) is 0 Å². The van der Waals surface area contributed by atoms with E-state index in [0.29, 0.717) is 25.9 Å².